The van der Waals surface area contributed by atoms with Crippen molar-refractivity contribution in [1.29, 1.82) is 0 Å². The fourth-order valence-electron chi connectivity index (χ4n) is 6.37. The zero-order valence-corrected chi connectivity index (χ0v) is 21.9. The molecule has 1 aliphatic carbocycles. The number of fused-ring (bicyclic) bond motifs is 2. The summed E-state index contributed by atoms with van der Waals surface area (Å²) in [6, 6.07) is 24.4. The van der Waals surface area contributed by atoms with E-state index in [1.807, 2.05) is 24.3 Å². The van der Waals surface area contributed by atoms with E-state index in [9.17, 15) is 0 Å². The summed E-state index contributed by atoms with van der Waals surface area (Å²) in [5.41, 5.74) is 3.67. The molecule has 2 aromatic carbocycles. The number of hydrogen-bond donors (Lipinski definition) is 0. The van der Waals surface area contributed by atoms with Crippen molar-refractivity contribution in [2.45, 2.75) is 57.4 Å². The minimum absolute atomic E-state index is 0.211. The molecule has 1 saturated carbocycles. The molecule has 3 heterocycles. The predicted molar refractivity (Wildman–Crippen MR) is 147 cm³/mol. The molecule has 0 spiro atoms. The van der Waals surface area contributed by atoms with E-state index in [-0.39, 0.29) is 6.10 Å². The number of anilines is 2. The summed E-state index contributed by atoms with van der Waals surface area (Å²) in [6.07, 6.45) is 5.10. The topological polar surface area (TPSA) is 47.1 Å². The summed E-state index contributed by atoms with van der Waals surface area (Å²) in [4.78, 5) is 10.1. The molecule has 2 saturated heterocycles. The molecule has 0 N–H and O–H groups in total. The Balaban J connectivity index is 1.30. The van der Waals surface area contributed by atoms with E-state index >= 15 is 0 Å². The number of pyridine rings is 1. The van der Waals surface area contributed by atoms with Gasteiger partial charge in [0.1, 0.15) is 18.2 Å². The van der Waals surface area contributed by atoms with Gasteiger partial charge in [-0.25, -0.2) is 0 Å². The van der Waals surface area contributed by atoms with Crippen molar-refractivity contribution >= 4 is 11.5 Å². The van der Waals surface area contributed by atoms with Gasteiger partial charge >= 0.3 is 0 Å². The number of benzene rings is 2. The number of hydrogen-bond acceptors (Lipinski definition) is 6. The van der Waals surface area contributed by atoms with Gasteiger partial charge < -0.3 is 24.0 Å². The molecule has 0 radical (unpaired) electrons. The fraction of sp³-hybridized carbons (Fsp3) is 0.452. The second-order valence-electron chi connectivity index (χ2n) is 10.7. The normalized spacial score (nSPS) is 24.9. The van der Waals surface area contributed by atoms with Crippen LogP contribution >= 0.6 is 0 Å². The van der Waals surface area contributed by atoms with Gasteiger partial charge in [-0.3, -0.25) is 0 Å². The van der Waals surface area contributed by atoms with E-state index in [4.69, 9.17) is 19.2 Å². The van der Waals surface area contributed by atoms with Gasteiger partial charge in [-0.15, -0.1) is 0 Å². The monoisotopic (exact) mass is 499 g/mol. The first-order chi connectivity index (χ1) is 18.2. The summed E-state index contributed by atoms with van der Waals surface area (Å²) in [6.45, 7) is 5.11. The number of methoxy groups -OCH3 is 1. The third-order valence-electron chi connectivity index (χ3n) is 8.22. The van der Waals surface area contributed by atoms with Crippen molar-refractivity contribution in [2.24, 2.45) is 5.92 Å². The first kappa shape index (κ1) is 24.1. The van der Waals surface area contributed by atoms with Crippen LogP contribution in [0.2, 0.25) is 0 Å². The van der Waals surface area contributed by atoms with Crippen LogP contribution in [-0.2, 0) is 17.8 Å². The summed E-state index contributed by atoms with van der Waals surface area (Å²) >= 11 is 0. The lowest BCUT2D eigenvalue weighted by Crippen LogP contribution is -2.43. The summed E-state index contributed by atoms with van der Waals surface area (Å²) in [7, 11) is 1.69. The predicted octanol–water partition coefficient (Wildman–Crippen LogP) is 5.49. The molecule has 6 heteroatoms. The number of morpholine rings is 1. The maximum absolute atomic E-state index is 6.32. The second kappa shape index (κ2) is 10.6. The first-order valence-corrected chi connectivity index (χ1v) is 13.6. The lowest BCUT2D eigenvalue weighted by atomic mass is 9.92. The van der Waals surface area contributed by atoms with Crippen LogP contribution in [0.1, 0.15) is 37.3 Å². The molecule has 2 aliphatic heterocycles. The lowest BCUT2D eigenvalue weighted by molar-refractivity contribution is 0.0532. The van der Waals surface area contributed by atoms with Gasteiger partial charge in [0.25, 0.3) is 0 Å². The molecular formula is C31H37N3O3. The molecule has 1 unspecified atom stereocenters. The van der Waals surface area contributed by atoms with Gasteiger partial charge in [0.05, 0.1) is 19.8 Å². The molecule has 0 amide bonds. The molecular weight excluding hydrogens is 462 g/mol. The highest BCUT2D eigenvalue weighted by atomic mass is 16.5. The SMILES string of the molecule is COc1ccc(COc2cc(N3CCOC(C)C3)cc(N3[C@@H]4CC[C@@H](C4)[C@H]3Cc3ccccc3)n2)cc1. The minimum Gasteiger partial charge on any atom is -0.497 e. The van der Waals surface area contributed by atoms with Crippen molar-refractivity contribution in [3.05, 3.63) is 77.9 Å². The van der Waals surface area contributed by atoms with Gasteiger partial charge in [-0.1, -0.05) is 42.5 Å². The Labute approximate surface area is 220 Å². The van der Waals surface area contributed by atoms with Crippen LogP contribution in [-0.4, -0.2) is 50.0 Å². The Morgan fingerprint density at radius 1 is 1.00 bits per heavy atom. The van der Waals surface area contributed by atoms with Crippen molar-refractivity contribution < 1.29 is 14.2 Å². The highest BCUT2D eigenvalue weighted by Crippen LogP contribution is 2.46. The van der Waals surface area contributed by atoms with Gasteiger partial charge in [-0.2, -0.15) is 4.98 Å². The van der Waals surface area contributed by atoms with E-state index in [1.54, 1.807) is 7.11 Å². The Morgan fingerprint density at radius 2 is 1.84 bits per heavy atom. The standard InChI is InChI=1S/C31H37N3O3/c1-22-20-33(14-15-36-22)27-18-30(32-31(19-27)37-21-24-8-12-28(35-2)13-9-24)34-26-11-10-25(17-26)29(34)16-23-6-4-3-5-7-23/h3-9,12-13,18-19,22,25-26,29H,10-11,14-17,20-21H2,1-2H3/t22?,25-,26+,29+/m0/s1. The molecule has 3 aromatic rings. The summed E-state index contributed by atoms with van der Waals surface area (Å²) in [5, 5.41) is 0. The van der Waals surface area contributed by atoms with E-state index in [0.29, 0.717) is 24.6 Å². The molecule has 3 aliphatic rings. The molecule has 1 aromatic heterocycles. The van der Waals surface area contributed by atoms with Crippen LogP contribution in [0.15, 0.2) is 66.7 Å². The van der Waals surface area contributed by atoms with Crippen LogP contribution in [0, 0.1) is 5.92 Å². The van der Waals surface area contributed by atoms with Crippen LogP contribution in [0.4, 0.5) is 11.5 Å². The number of aromatic nitrogens is 1. The number of piperidine rings is 1. The Bertz CT molecular complexity index is 1190. The van der Waals surface area contributed by atoms with E-state index < -0.39 is 0 Å². The smallest absolute Gasteiger partial charge is 0.217 e. The Kier molecular flexibility index (Phi) is 6.92. The third-order valence-corrected chi connectivity index (χ3v) is 8.22. The maximum atomic E-state index is 6.32. The fourth-order valence-corrected chi connectivity index (χ4v) is 6.37. The highest BCUT2D eigenvalue weighted by Gasteiger charge is 2.46. The molecule has 6 rings (SSSR count). The summed E-state index contributed by atoms with van der Waals surface area (Å²) in [5.74, 6) is 3.31. The van der Waals surface area contributed by atoms with Crippen molar-refractivity contribution in [3.8, 4) is 11.6 Å². The van der Waals surface area contributed by atoms with Crippen molar-refractivity contribution in [2.75, 3.05) is 36.6 Å². The van der Waals surface area contributed by atoms with Crippen LogP contribution in [0.5, 0.6) is 11.6 Å². The summed E-state index contributed by atoms with van der Waals surface area (Å²) < 4.78 is 17.4. The van der Waals surface area contributed by atoms with Crippen LogP contribution in [0.25, 0.3) is 0 Å². The van der Waals surface area contributed by atoms with Crippen LogP contribution in [0.3, 0.4) is 0 Å². The van der Waals surface area contributed by atoms with Crippen molar-refractivity contribution in [3.63, 3.8) is 0 Å². The zero-order chi connectivity index (χ0) is 25.2. The quantitative estimate of drug-likeness (QED) is 0.408. The van der Waals surface area contributed by atoms with Gasteiger partial charge in [0, 0.05) is 43.0 Å². The van der Waals surface area contributed by atoms with Crippen LogP contribution < -0.4 is 19.3 Å². The third kappa shape index (κ3) is 5.26. The van der Waals surface area contributed by atoms with E-state index in [0.717, 1.165) is 49.2 Å². The van der Waals surface area contributed by atoms with Crippen molar-refractivity contribution in [1.82, 2.24) is 4.98 Å². The average Bonchev–Trinajstić information content (AvgIpc) is 3.55. The van der Waals surface area contributed by atoms with Gasteiger partial charge in [-0.05, 0) is 61.8 Å². The zero-order valence-electron chi connectivity index (χ0n) is 21.9. The highest BCUT2D eigenvalue weighted by molar-refractivity contribution is 5.60. The second-order valence-corrected chi connectivity index (χ2v) is 10.7. The molecule has 4 atom stereocenters. The molecule has 194 valence electrons. The van der Waals surface area contributed by atoms with Gasteiger partial charge in [0.2, 0.25) is 5.88 Å². The molecule has 6 nitrogen and oxygen atoms in total. The average molecular weight is 500 g/mol. The number of rotatable bonds is 8. The minimum atomic E-state index is 0.211. The maximum Gasteiger partial charge on any atom is 0.217 e. The first-order valence-electron chi connectivity index (χ1n) is 13.6. The number of ether oxygens (including phenoxy) is 3. The Hall–Kier alpha value is -3.25. The largest absolute Gasteiger partial charge is 0.497 e. The van der Waals surface area contributed by atoms with Gasteiger partial charge in [0.15, 0.2) is 0 Å². The van der Waals surface area contributed by atoms with E-state index in [1.165, 1.54) is 30.5 Å². The molecule has 37 heavy (non-hydrogen) atoms. The molecule has 2 bridgehead atoms. The lowest BCUT2D eigenvalue weighted by Gasteiger charge is -2.38. The Morgan fingerprint density at radius 3 is 2.62 bits per heavy atom. The number of nitrogens with zero attached hydrogens (tertiary/aromatic N) is 3. The van der Waals surface area contributed by atoms with E-state index in [2.05, 4.69) is 59.2 Å². The molecule has 3 fully saturated rings.